The second-order valence-electron chi connectivity index (χ2n) is 1.03. The summed E-state index contributed by atoms with van der Waals surface area (Å²) in [6.07, 6.45) is 0. The van der Waals surface area contributed by atoms with Gasteiger partial charge in [-0.3, -0.25) is 0 Å². The summed E-state index contributed by atoms with van der Waals surface area (Å²) in [6.45, 7) is 0. The van der Waals surface area contributed by atoms with Gasteiger partial charge in [0.25, 0.3) is 0 Å². The van der Waals surface area contributed by atoms with Gasteiger partial charge in [0.2, 0.25) is 0 Å². The van der Waals surface area contributed by atoms with Crippen LogP contribution in [0.15, 0.2) is 0 Å². The molecule has 0 spiro atoms. The second-order valence-corrected chi connectivity index (χ2v) is 1.96. The van der Waals surface area contributed by atoms with Crippen molar-refractivity contribution in [3.05, 3.63) is 0 Å². The molecule has 0 aliphatic rings. The van der Waals surface area contributed by atoms with Crippen molar-refractivity contribution in [1.82, 2.24) is 0 Å². The van der Waals surface area contributed by atoms with Gasteiger partial charge in [-0.25, -0.2) is 0 Å². The molecule has 0 bridgehead atoms. The van der Waals surface area contributed by atoms with Gasteiger partial charge in [-0.15, -0.1) is 0 Å². The number of hydrogen-bond donors (Lipinski definition) is 3. The molecule has 0 unspecified atom stereocenters. The van der Waals surface area contributed by atoms with Gasteiger partial charge in [0.15, 0.2) is 0 Å². The first-order valence-corrected chi connectivity index (χ1v) is 2.95. The standard InChI is InChI=1S/CF3O2S.BH3O3.Li/c2-1(3,4)7(5)6;2-1(3)4;/h;2-4H;/q-1;;+1. The largest absolute Gasteiger partial charge is 1.00 e. The Morgan fingerprint density at radius 2 is 1.17 bits per heavy atom. The van der Waals surface area contributed by atoms with E-state index in [0.29, 0.717) is 0 Å². The average Bonchev–Trinajstić information content (AvgIpc) is 1.59. The molecule has 0 saturated heterocycles. The molecule has 0 amide bonds. The Hall–Kier alpha value is 0.282. The Morgan fingerprint density at radius 1 is 1.08 bits per heavy atom. The molecular formula is CH3BF3LiO5S. The molecule has 12 heavy (non-hydrogen) atoms. The van der Waals surface area contributed by atoms with Crippen molar-refractivity contribution < 1.29 is 55.5 Å². The summed E-state index contributed by atoms with van der Waals surface area (Å²) in [4.78, 5) is 0. The van der Waals surface area contributed by atoms with Crippen LogP contribution < -0.4 is 18.9 Å². The van der Waals surface area contributed by atoms with E-state index in [4.69, 9.17) is 23.5 Å². The summed E-state index contributed by atoms with van der Waals surface area (Å²) in [5, 5.41) is 21.5. The summed E-state index contributed by atoms with van der Waals surface area (Å²) in [5.41, 5.74) is -5.08. The van der Waals surface area contributed by atoms with Gasteiger partial charge in [0, 0.05) is 10.7 Å². The Labute approximate surface area is 79.5 Å². The molecular weight excluding hydrogens is 199 g/mol. The van der Waals surface area contributed by atoms with E-state index in [2.05, 4.69) is 0 Å². The molecule has 11 heteroatoms. The van der Waals surface area contributed by atoms with E-state index in [1.165, 1.54) is 0 Å². The van der Waals surface area contributed by atoms with Gasteiger partial charge in [-0.05, 0) is 0 Å². The Balaban J connectivity index is -0.000000142. The minimum absolute atomic E-state index is 0. The van der Waals surface area contributed by atoms with E-state index < -0.39 is 23.5 Å². The summed E-state index contributed by atoms with van der Waals surface area (Å²) in [7, 11) is -6.10. The van der Waals surface area contributed by atoms with Crippen LogP contribution >= 0.6 is 0 Å². The first-order chi connectivity index (χ1) is 4.68. The number of halogens is 3. The first-order valence-electron chi connectivity index (χ1n) is 1.88. The molecule has 0 aliphatic carbocycles. The van der Waals surface area contributed by atoms with Crippen LogP contribution in [0.2, 0.25) is 0 Å². The van der Waals surface area contributed by atoms with Gasteiger partial charge in [-0.2, -0.15) is 13.2 Å². The number of rotatable bonds is 0. The zero-order chi connectivity index (χ0) is 9.65. The summed E-state index contributed by atoms with van der Waals surface area (Å²) >= 11 is 0. The van der Waals surface area contributed by atoms with Crippen molar-refractivity contribution in [3.8, 4) is 0 Å². The fourth-order valence-corrected chi connectivity index (χ4v) is 0. The van der Waals surface area contributed by atoms with Crippen molar-refractivity contribution in [2.24, 2.45) is 0 Å². The third kappa shape index (κ3) is 22.4. The summed E-state index contributed by atoms with van der Waals surface area (Å²) in [6, 6.07) is 0. The van der Waals surface area contributed by atoms with Crippen LogP contribution in [0.3, 0.4) is 0 Å². The number of alkyl halides is 3. The Kier molecular flexibility index (Phi) is 12.0. The van der Waals surface area contributed by atoms with Crippen LogP contribution in [0.4, 0.5) is 13.2 Å². The quantitative estimate of drug-likeness (QED) is 0.273. The van der Waals surface area contributed by atoms with Gasteiger partial charge in [0.05, 0.1) is 0 Å². The fourth-order valence-electron chi connectivity index (χ4n) is 0. The molecule has 5 nitrogen and oxygen atoms in total. The predicted octanol–water partition coefficient (Wildman–Crippen LogP) is -4.23. The van der Waals surface area contributed by atoms with Crippen molar-refractivity contribution >= 4 is 18.0 Å². The minimum Gasteiger partial charge on any atom is -0.416 e. The maximum atomic E-state index is 10.6. The van der Waals surface area contributed by atoms with Crippen LogP contribution in [-0.4, -0.2) is 27.9 Å². The maximum Gasteiger partial charge on any atom is 1.00 e. The van der Waals surface area contributed by atoms with E-state index >= 15 is 0 Å². The normalized spacial score (nSPS) is 9.58. The molecule has 0 aromatic heterocycles. The summed E-state index contributed by atoms with van der Waals surface area (Å²) < 4.78 is 49.5. The van der Waals surface area contributed by atoms with Gasteiger partial charge < -0.3 is 23.5 Å². The van der Waals surface area contributed by atoms with E-state index in [0.717, 1.165) is 0 Å². The molecule has 3 N–H and O–H groups in total. The zero-order valence-corrected chi connectivity index (χ0v) is 6.59. The van der Waals surface area contributed by atoms with Crippen molar-refractivity contribution in [3.63, 3.8) is 0 Å². The third-order valence-electron chi connectivity index (χ3n) is 0.189. The third-order valence-corrected chi connectivity index (χ3v) is 0.567. The van der Waals surface area contributed by atoms with Crippen LogP contribution in [0, 0.1) is 0 Å². The zero-order valence-electron chi connectivity index (χ0n) is 5.78. The van der Waals surface area contributed by atoms with E-state index in [9.17, 15) is 13.2 Å². The topological polar surface area (TPSA) is 94.8 Å². The number of hydrogen-bond acceptors (Lipinski definition) is 6. The van der Waals surface area contributed by atoms with Crippen molar-refractivity contribution in [2.45, 2.75) is 5.51 Å². The second kappa shape index (κ2) is 7.91. The molecule has 0 aliphatic heterocycles. The van der Waals surface area contributed by atoms with Crippen LogP contribution in [-0.2, 0) is 19.1 Å². The van der Waals surface area contributed by atoms with Gasteiger partial charge in [0.1, 0.15) is 0 Å². The van der Waals surface area contributed by atoms with E-state index in [-0.39, 0.29) is 18.9 Å². The molecule has 68 valence electrons. The maximum absolute atomic E-state index is 10.6. The van der Waals surface area contributed by atoms with Gasteiger partial charge in [-0.1, -0.05) is 0 Å². The fraction of sp³-hybridized carbons (Fsp3) is 1.00. The van der Waals surface area contributed by atoms with Crippen LogP contribution in [0.1, 0.15) is 0 Å². The predicted molar refractivity (Wildman–Crippen MR) is 27.2 cm³/mol. The molecule has 0 aromatic carbocycles. The SMILES string of the molecule is O=[S-](=O)C(F)(F)F.OB(O)O.[Li+]. The van der Waals surface area contributed by atoms with Gasteiger partial charge >= 0.3 is 31.7 Å². The molecule has 0 atom stereocenters. The van der Waals surface area contributed by atoms with Crippen molar-refractivity contribution in [1.29, 1.82) is 0 Å². The molecule has 0 rings (SSSR count). The smallest absolute Gasteiger partial charge is 0.416 e. The van der Waals surface area contributed by atoms with Crippen LogP contribution in [0.5, 0.6) is 0 Å². The molecule has 0 fully saturated rings. The summed E-state index contributed by atoms with van der Waals surface area (Å²) in [5.74, 6) is 0. The Morgan fingerprint density at radius 3 is 1.17 bits per heavy atom. The first kappa shape index (κ1) is 18.1. The van der Waals surface area contributed by atoms with Crippen LogP contribution in [0.25, 0.3) is 0 Å². The molecule has 0 radical (unpaired) electrons. The van der Waals surface area contributed by atoms with E-state index in [1.807, 2.05) is 0 Å². The monoisotopic (exact) mass is 202 g/mol. The molecule has 0 heterocycles. The Bertz CT molecular complexity index is 156. The van der Waals surface area contributed by atoms with E-state index in [1.54, 1.807) is 0 Å². The minimum atomic E-state index is -5.08. The molecule has 0 aromatic rings. The van der Waals surface area contributed by atoms with Crippen molar-refractivity contribution in [2.75, 3.05) is 0 Å². The molecule has 0 saturated carbocycles. The average molecular weight is 202 g/mol.